The van der Waals surface area contributed by atoms with Gasteiger partial charge in [-0.1, -0.05) is 28.1 Å². The van der Waals surface area contributed by atoms with Crippen molar-refractivity contribution in [3.63, 3.8) is 0 Å². The molecule has 2 aromatic rings. The predicted octanol–water partition coefficient (Wildman–Crippen LogP) is 3.30. The maximum absolute atomic E-state index is 12.3. The summed E-state index contributed by atoms with van der Waals surface area (Å²) in [4.78, 5) is 31.0. The van der Waals surface area contributed by atoms with Crippen molar-refractivity contribution in [1.82, 2.24) is 9.97 Å². The van der Waals surface area contributed by atoms with Crippen molar-refractivity contribution in [2.24, 2.45) is 0 Å². The number of alkyl halides is 3. The molecule has 1 aromatic carbocycles. The van der Waals surface area contributed by atoms with Gasteiger partial charge in [-0.15, -0.1) is 0 Å². The van der Waals surface area contributed by atoms with E-state index in [1.54, 1.807) is 24.3 Å². The van der Waals surface area contributed by atoms with E-state index in [4.69, 9.17) is 4.74 Å². The third-order valence-corrected chi connectivity index (χ3v) is 3.76. The van der Waals surface area contributed by atoms with E-state index in [0.717, 1.165) is 17.8 Å². The van der Waals surface area contributed by atoms with Gasteiger partial charge >= 0.3 is 18.2 Å². The summed E-state index contributed by atoms with van der Waals surface area (Å²) in [6.07, 6.45) is -3.19. The number of benzene rings is 1. The Kier molecular flexibility index (Phi) is 6.30. The summed E-state index contributed by atoms with van der Waals surface area (Å²) in [5.74, 6) is -1.87. The van der Waals surface area contributed by atoms with Crippen LogP contribution >= 0.6 is 15.9 Å². The smallest absolute Gasteiger partial charge is 0.422 e. The van der Waals surface area contributed by atoms with Gasteiger partial charge in [-0.3, -0.25) is 9.59 Å². The second-order valence-corrected chi connectivity index (χ2v) is 5.94. The van der Waals surface area contributed by atoms with E-state index in [1.165, 1.54) is 0 Å². The minimum absolute atomic E-state index is 0.0670. The standard InChI is InChI=1S/C16H12BrF3N2O4/c1-25-14(24)12(9-2-4-11(17)5-3-9)13-10(7-23)6-21-15(22-13)26-8-16(18,19)20/h2-7,12H,8H2,1H3. The monoisotopic (exact) mass is 432 g/mol. The van der Waals surface area contributed by atoms with Gasteiger partial charge in [0.15, 0.2) is 12.9 Å². The van der Waals surface area contributed by atoms with E-state index in [9.17, 15) is 22.8 Å². The van der Waals surface area contributed by atoms with Crippen molar-refractivity contribution in [2.75, 3.05) is 13.7 Å². The number of nitrogens with zero attached hydrogens (tertiary/aromatic N) is 2. The Morgan fingerprint density at radius 3 is 2.50 bits per heavy atom. The van der Waals surface area contributed by atoms with Crippen LogP contribution in [0.3, 0.4) is 0 Å². The zero-order valence-electron chi connectivity index (χ0n) is 13.3. The molecule has 0 amide bonds. The minimum atomic E-state index is -4.58. The molecular weight excluding hydrogens is 421 g/mol. The summed E-state index contributed by atoms with van der Waals surface area (Å²) >= 11 is 3.26. The van der Waals surface area contributed by atoms with E-state index in [2.05, 4.69) is 30.6 Å². The molecule has 0 aliphatic heterocycles. The molecule has 0 radical (unpaired) electrons. The maximum atomic E-state index is 12.3. The first-order valence-electron chi connectivity index (χ1n) is 7.10. The van der Waals surface area contributed by atoms with Crippen LogP contribution in [0.25, 0.3) is 0 Å². The summed E-state index contributed by atoms with van der Waals surface area (Å²) in [6.45, 7) is -1.60. The number of aldehydes is 1. The van der Waals surface area contributed by atoms with Gasteiger partial charge in [-0.25, -0.2) is 4.98 Å². The van der Waals surface area contributed by atoms with Gasteiger partial charge in [0.25, 0.3) is 0 Å². The molecule has 1 unspecified atom stereocenters. The molecule has 0 bridgehead atoms. The lowest BCUT2D eigenvalue weighted by atomic mass is 9.93. The van der Waals surface area contributed by atoms with Gasteiger partial charge in [0.2, 0.25) is 0 Å². The first-order valence-corrected chi connectivity index (χ1v) is 7.89. The average molecular weight is 433 g/mol. The van der Waals surface area contributed by atoms with Crippen LogP contribution in [0.1, 0.15) is 27.5 Å². The quantitative estimate of drug-likeness (QED) is 0.514. The van der Waals surface area contributed by atoms with Crippen molar-refractivity contribution < 1.29 is 32.2 Å². The van der Waals surface area contributed by atoms with Crippen LogP contribution in [0, 0.1) is 0 Å². The molecular formula is C16H12BrF3N2O4. The fraction of sp³-hybridized carbons (Fsp3) is 0.250. The molecule has 0 saturated heterocycles. The second kappa shape index (κ2) is 8.26. The third kappa shape index (κ3) is 5.01. The van der Waals surface area contributed by atoms with Gasteiger partial charge in [0.1, 0.15) is 5.92 Å². The number of esters is 1. The van der Waals surface area contributed by atoms with E-state index in [-0.39, 0.29) is 11.3 Å². The lowest BCUT2D eigenvalue weighted by Gasteiger charge is -2.17. The zero-order valence-corrected chi connectivity index (χ0v) is 14.9. The summed E-state index contributed by atoms with van der Waals surface area (Å²) in [6, 6.07) is 5.91. The highest BCUT2D eigenvalue weighted by Gasteiger charge is 2.31. The van der Waals surface area contributed by atoms with E-state index in [1.807, 2.05) is 0 Å². The molecule has 0 aliphatic rings. The summed E-state index contributed by atoms with van der Waals surface area (Å²) < 4.78 is 47.0. The normalized spacial score (nSPS) is 12.3. The molecule has 26 heavy (non-hydrogen) atoms. The zero-order chi connectivity index (χ0) is 19.3. The lowest BCUT2D eigenvalue weighted by Crippen LogP contribution is -2.22. The van der Waals surface area contributed by atoms with Crippen LogP contribution in [-0.2, 0) is 9.53 Å². The first kappa shape index (κ1) is 19.8. The Morgan fingerprint density at radius 2 is 1.96 bits per heavy atom. The fourth-order valence-corrected chi connectivity index (χ4v) is 2.37. The molecule has 2 rings (SSSR count). The van der Waals surface area contributed by atoms with Gasteiger partial charge in [-0.05, 0) is 17.7 Å². The number of hydrogen-bond acceptors (Lipinski definition) is 6. The summed E-state index contributed by atoms with van der Waals surface area (Å²) in [7, 11) is 1.15. The average Bonchev–Trinajstić information content (AvgIpc) is 2.61. The van der Waals surface area contributed by atoms with Gasteiger partial charge < -0.3 is 9.47 Å². The van der Waals surface area contributed by atoms with Crippen LogP contribution in [0.15, 0.2) is 34.9 Å². The molecule has 0 spiro atoms. The van der Waals surface area contributed by atoms with Crippen molar-refractivity contribution in [2.45, 2.75) is 12.1 Å². The topological polar surface area (TPSA) is 78.4 Å². The van der Waals surface area contributed by atoms with Crippen molar-refractivity contribution in [1.29, 1.82) is 0 Å². The van der Waals surface area contributed by atoms with Crippen molar-refractivity contribution in [3.05, 3.63) is 51.8 Å². The number of rotatable bonds is 6. The number of hydrogen-bond donors (Lipinski definition) is 0. The molecule has 0 fully saturated rings. The molecule has 0 aliphatic carbocycles. The van der Waals surface area contributed by atoms with Gasteiger partial charge in [-0.2, -0.15) is 18.2 Å². The van der Waals surface area contributed by atoms with Gasteiger partial charge in [0.05, 0.1) is 18.4 Å². The highest BCUT2D eigenvalue weighted by Crippen LogP contribution is 2.29. The largest absolute Gasteiger partial charge is 0.468 e. The Morgan fingerprint density at radius 1 is 1.31 bits per heavy atom. The summed E-state index contributed by atoms with van der Waals surface area (Å²) in [5, 5.41) is 0. The molecule has 1 heterocycles. The highest BCUT2D eigenvalue weighted by molar-refractivity contribution is 9.10. The van der Waals surface area contributed by atoms with E-state index < -0.39 is 30.7 Å². The van der Waals surface area contributed by atoms with Crippen LogP contribution in [0.2, 0.25) is 0 Å². The Labute approximate surface area is 154 Å². The molecule has 138 valence electrons. The van der Waals surface area contributed by atoms with Gasteiger partial charge in [0, 0.05) is 10.7 Å². The van der Waals surface area contributed by atoms with Crippen LogP contribution in [-0.4, -0.2) is 42.1 Å². The molecule has 10 heteroatoms. The highest BCUT2D eigenvalue weighted by atomic mass is 79.9. The number of carbonyl (C=O) groups is 2. The predicted molar refractivity (Wildman–Crippen MR) is 87.0 cm³/mol. The van der Waals surface area contributed by atoms with Crippen molar-refractivity contribution >= 4 is 28.2 Å². The van der Waals surface area contributed by atoms with Crippen LogP contribution in [0.5, 0.6) is 6.01 Å². The first-order chi connectivity index (χ1) is 12.2. The number of halogens is 4. The minimum Gasteiger partial charge on any atom is -0.468 e. The number of aromatic nitrogens is 2. The molecule has 1 atom stereocenters. The van der Waals surface area contributed by atoms with Crippen LogP contribution < -0.4 is 4.74 Å². The SMILES string of the molecule is COC(=O)C(c1ccc(Br)cc1)c1nc(OCC(F)(F)F)ncc1C=O. The Balaban J connectivity index is 2.49. The molecule has 6 nitrogen and oxygen atoms in total. The fourth-order valence-electron chi connectivity index (χ4n) is 2.10. The lowest BCUT2D eigenvalue weighted by molar-refractivity contribution is -0.154. The molecule has 0 N–H and O–H groups in total. The van der Waals surface area contributed by atoms with Crippen molar-refractivity contribution in [3.8, 4) is 6.01 Å². The molecule has 0 saturated carbocycles. The third-order valence-electron chi connectivity index (χ3n) is 3.23. The second-order valence-electron chi connectivity index (χ2n) is 5.02. The summed E-state index contributed by atoms with van der Waals surface area (Å²) in [5.41, 5.74) is 0.257. The molecule has 1 aromatic heterocycles. The van der Waals surface area contributed by atoms with Crippen LogP contribution in [0.4, 0.5) is 13.2 Å². The number of carbonyl (C=O) groups excluding carboxylic acids is 2. The number of ether oxygens (including phenoxy) is 2. The maximum Gasteiger partial charge on any atom is 0.422 e. The van der Waals surface area contributed by atoms with E-state index in [0.29, 0.717) is 11.8 Å². The Hall–Kier alpha value is -2.49. The Bertz CT molecular complexity index is 797. The number of methoxy groups -OCH3 is 1. The van der Waals surface area contributed by atoms with E-state index >= 15 is 0 Å².